The van der Waals surface area contributed by atoms with Crippen molar-refractivity contribution in [3.05, 3.63) is 65.7 Å². The second-order valence-electron chi connectivity index (χ2n) is 6.32. The number of carbonyl (C=O) groups excluding carboxylic acids is 2. The van der Waals surface area contributed by atoms with E-state index in [9.17, 15) is 9.59 Å². The zero-order valence-electron chi connectivity index (χ0n) is 14.2. The molecule has 1 fully saturated rings. The largest absolute Gasteiger partial charge is 0.370 e. The molecular formula is C20H23N3O2. The van der Waals surface area contributed by atoms with Crippen LogP contribution >= 0.6 is 0 Å². The Morgan fingerprint density at radius 1 is 0.920 bits per heavy atom. The van der Waals surface area contributed by atoms with Gasteiger partial charge in [0.1, 0.15) is 6.04 Å². The summed E-state index contributed by atoms with van der Waals surface area (Å²) in [5, 5.41) is 3.32. The van der Waals surface area contributed by atoms with Crippen molar-refractivity contribution in [2.45, 2.75) is 25.3 Å². The lowest BCUT2D eigenvalue weighted by Crippen LogP contribution is -2.41. The number of benzene rings is 2. The van der Waals surface area contributed by atoms with E-state index >= 15 is 0 Å². The zero-order chi connectivity index (χ0) is 17.6. The van der Waals surface area contributed by atoms with Crippen LogP contribution < -0.4 is 11.1 Å². The number of carbonyl (C=O) groups is 2. The first-order valence-corrected chi connectivity index (χ1v) is 8.65. The number of nitrogens with two attached hydrogens (primary N) is 1. The van der Waals surface area contributed by atoms with Gasteiger partial charge in [0.05, 0.1) is 0 Å². The van der Waals surface area contributed by atoms with Crippen LogP contribution in [0.4, 0.5) is 5.69 Å². The maximum absolute atomic E-state index is 13.1. The van der Waals surface area contributed by atoms with E-state index in [2.05, 4.69) is 5.32 Å². The van der Waals surface area contributed by atoms with Crippen LogP contribution in [0, 0.1) is 0 Å². The summed E-state index contributed by atoms with van der Waals surface area (Å²) < 4.78 is 0. The number of likely N-dealkylation sites (tertiary alicyclic amines) is 1. The minimum atomic E-state index is -0.462. The standard InChI is InChI=1S/C20H23N3O2/c21-19(24)16-9-11-17(12-10-16)22-18(15-7-3-1-4-8-15)20(25)23-13-5-2-6-14-23/h1,3-4,7-12,18,22H,2,5-6,13-14H2,(H2,21,24)/t18-/m0/s1. The molecule has 5 nitrogen and oxygen atoms in total. The van der Waals surface area contributed by atoms with Gasteiger partial charge in [-0.25, -0.2) is 0 Å². The van der Waals surface area contributed by atoms with Gasteiger partial charge in [-0.3, -0.25) is 9.59 Å². The van der Waals surface area contributed by atoms with Crippen LogP contribution in [0.2, 0.25) is 0 Å². The third kappa shape index (κ3) is 4.18. The Morgan fingerprint density at radius 3 is 2.16 bits per heavy atom. The average molecular weight is 337 g/mol. The van der Waals surface area contributed by atoms with Crippen molar-refractivity contribution in [2.24, 2.45) is 5.73 Å². The molecule has 2 amide bonds. The molecule has 3 rings (SSSR count). The molecule has 0 unspecified atom stereocenters. The normalized spacial score (nSPS) is 15.4. The van der Waals surface area contributed by atoms with E-state index < -0.39 is 11.9 Å². The van der Waals surface area contributed by atoms with Crippen molar-refractivity contribution in [3.63, 3.8) is 0 Å². The summed E-state index contributed by atoms with van der Waals surface area (Å²) in [7, 11) is 0. The molecule has 0 aromatic heterocycles. The molecular weight excluding hydrogens is 314 g/mol. The monoisotopic (exact) mass is 337 g/mol. The third-order valence-electron chi connectivity index (χ3n) is 4.53. The fourth-order valence-corrected chi connectivity index (χ4v) is 3.13. The quantitative estimate of drug-likeness (QED) is 0.881. The first kappa shape index (κ1) is 17.0. The Bertz CT molecular complexity index is 722. The van der Waals surface area contributed by atoms with Crippen LogP contribution in [0.25, 0.3) is 0 Å². The van der Waals surface area contributed by atoms with Crippen molar-refractivity contribution in [1.29, 1.82) is 0 Å². The summed E-state index contributed by atoms with van der Waals surface area (Å²) in [5.41, 5.74) is 7.44. The Labute approximate surface area is 147 Å². The van der Waals surface area contributed by atoms with Gasteiger partial charge in [0.25, 0.3) is 0 Å². The number of nitrogens with one attached hydrogen (secondary N) is 1. The lowest BCUT2D eigenvalue weighted by molar-refractivity contribution is -0.133. The Balaban J connectivity index is 1.83. The SMILES string of the molecule is NC(=O)c1ccc(N[C@H](C(=O)N2CCCCC2)c2ccccc2)cc1. The molecule has 1 heterocycles. The highest BCUT2D eigenvalue weighted by Gasteiger charge is 2.26. The summed E-state index contributed by atoms with van der Waals surface area (Å²) in [5.74, 6) is -0.375. The molecule has 5 heteroatoms. The first-order chi connectivity index (χ1) is 12.1. The lowest BCUT2D eigenvalue weighted by atomic mass is 10.0. The second-order valence-corrected chi connectivity index (χ2v) is 6.32. The highest BCUT2D eigenvalue weighted by Crippen LogP contribution is 2.24. The maximum Gasteiger partial charge on any atom is 0.249 e. The first-order valence-electron chi connectivity index (χ1n) is 8.65. The number of nitrogens with zero attached hydrogens (tertiary/aromatic N) is 1. The highest BCUT2D eigenvalue weighted by atomic mass is 16.2. The fourth-order valence-electron chi connectivity index (χ4n) is 3.13. The molecule has 1 aliphatic heterocycles. The van der Waals surface area contributed by atoms with Gasteiger partial charge in [-0.15, -0.1) is 0 Å². The lowest BCUT2D eigenvalue weighted by Gasteiger charge is -2.31. The van der Waals surface area contributed by atoms with Crippen LogP contribution in [0.5, 0.6) is 0 Å². The van der Waals surface area contributed by atoms with Crippen molar-refractivity contribution in [1.82, 2.24) is 4.90 Å². The van der Waals surface area contributed by atoms with Crippen LogP contribution in [0.3, 0.4) is 0 Å². The molecule has 0 radical (unpaired) electrons. The van der Waals surface area contributed by atoms with E-state index in [0.29, 0.717) is 5.56 Å². The van der Waals surface area contributed by atoms with E-state index in [0.717, 1.165) is 37.2 Å². The summed E-state index contributed by atoms with van der Waals surface area (Å²) >= 11 is 0. The second kappa shape index (κ2) is 7.83. The number of piperidine rings is 1. The van der Waals surface area contributed by atoms with Gasteiger partial charge < -0.3 is 16.0 Å². The highest BCUT2D eigenvalue weighted by molar-refractivity contribution is 5.93. The van der Waals surface area contributed by atoms with E-state index in [1.54, 1.807) is 24.3 Å². The summed E-state index contributed by atoms with van der Waals surface area (Å²) in [6.07, 6.45) is 3.29. The topological polar surface area (TPSA) is 75.4 Å². The maximum atomic E-state index is 13.1. The van der Waals surface area contributed by atoms with Crippen LogP contribution in [0.15, 0.2) is 54.6 Å². The van der Waals surface area contributed by atoms with E-state index in [-0.39, 0.29) is 5.91 Å². The molecule has 1 aliphatic rings. The van der Waals surface area contributed by atoms with E-state index in [1.165, 1.54) is 6.42 Å². The van der Waals surface area contributed by atoms with Gasteiger partial charge in [0.15, 0.2) is 0 Å². The smallest absolute Gasteiger partial charge is 0.249 e. The van der Waals surface area contributed by atoms with Crippen molar-refractivity contribution in [3.8, 4) is 0 Å². The van der Waals surface area contributed by atoms with Crippen molar-refractivity contribution < 1.29 is 9.59 Å². The molecule has 25 heavy (non-hydrogen) atoms. The number of primary amides is 1. The number of hydrogen-bond donors (Lipinski definition) is 2. The van der Waals surface area contributed by atoms with Gasteiger partial charge in [-0.2, -0.15) is 0 Å². The van der Waals surface area contributed by atoms with Gasteiger partial charge in [-0.1, -0.05) is 30.3 Å². The molecule has 2 aromatic carbocycles. The molecule has 1 saturated heterocycles. The number of rotatable bonds is 5. The molecule has 1 atom stereocenters. The van der Waals surface area contributed by atoms with Gasteiger partial charge in [-0.05, 0) is 49.1 Å². The number of hydrogen-bond acceptors (Lipinski definition) is 3. The molecule has 3 N–H and O–H groups in total. The van der Waals surface area contributed by atoms with Crippen LogP contribution in [-0.2, 0) is 4.79 Å². The molecule has 0 bridgehead atoms. The summed E-state index contributed by atoms with van der Waals surface area (Å²) in [6, 6.07) is 16.2. The van der Waals surface area contributed by atoms with Gasteiger partial charge >= 0.3 is 0 Å². The fraction of sp³-hybridized carbons (Fsp3) is 0.300. The number of amides is 2. The van der Waals surface area contributed by atoms with Crippen molar-refractivity contribution >= 4 is 17.5 Å². The average Bonchev–Trinajstić information content (AvgIpc) is 2.67. The van der Waals surface area contributed by atoms with Crippen LogP contribution in [0.1, 0.15) is 41.2 Å². The molecule has 0 spiro atoms. The Kier molecular flexibility index (Phi) is 5.33. The van der Waals surface area contributed by atoms with E-state index in [4.69, 9.17) is 5.73 Å². The zero-order valence-corrected chi connectivity index (χ0v) is 14.2. The molecule has 0 aliphatic carbocycles. The summed E-state index contributed by atoms with van der Waals surface area (Å²) in [4.78, 5) is 26.2. The predicted octanol–water partition coefficient (Wildman–Crippen LogP) is 2.95. The summed E-state index contributed by atoms with van der Waals surface area (Å²) in [6.45, 7) is 1.62. The minimum Gasteiger partial charge on any atom is -0.370 e. The number of anilines is 1. The Hall–Kier alpha value is -2.82. The predicted molar refractivity (Wildman–Crippen MR) is 98.2 cm³/mol. The third-order valence-corrected chi connectivity index (χ3v) is 4.53. The van der Waals surface area contributed by atoms with Gasteiger partial charge in [0, 0.05) is 24.3 Å². The van der Waals surface area contributed by atoms with Crippen molar-refractivity contribution in [2.75, 3.05) is 18.4 Å². The van der Waals surface area contributed by atoms with Gasteiger partial charge in [0.2, 0.25) is 11.8 Å². The van der Waals surface area contributed by atoms with E-state index in [1.807, 2.05) is 35.2 Å². The molecule has 130 valence electrons. The Morgan fingerprint density at radius 2 is 1.56 bits per heavy atom. The molecule has 0 saturated carbocycles. The minimum absolute atomic E-state index is 0.0878. The molecule has 2 aromatic rings. The van der Waals surface area contributed by atoms with Crippen LogP contribution in [-0.4, -0.2) is 29.8 Å².